The van der Waals surface area contributed by atoms with Crippen molar-refractivity contribution in [1.29, 1.82) is 0 Å². The summed E-state index contributed by atoms with van der Waals surface area (Å²) in [5.41, 5.74) is 0.176. The van der Waals surface area contributed by atoms with Gasteiger partial charge in [0.1, 0.15) is 5.82 Å². The Morgan fingerprint density at radius 1 is 1.29 bits per heavy atom. The van der Waals surface area contributed by atoms with E-state index in [0.717, 1.165) is 0 Å². The first kappa shape index (κ1) is 18.4. The van der Waals surface area contributed by atoms with Gasteiger partial charge in [-0.15, -0.1) is 0 Å². The van der Waals surface area contributed by atoms with Crippen LogP contribution < -0.4 is 10.0 Å². The van der Waals surface area contributed by atoms with Crippen LogP contribution in [0, 0.1) is 5.82 Å². The number of rotatable bonds is 7. The highest BCUT2D eigenvalue weighted by molar-refractivity contribution is 7.98. The Kier molecular flexibility index (Phi) is 6.65. The van der Waals surface area contributed by atoms with Crippen molar-refractivity contribution in [3.63, 3.8) is 0 Å². The molecule has 21 heavy (non-hydrogen) atoms. The Balaban J connectivity index is 2.90. The number of halogens is 1. The molecular formula is C14H23FN2O2S2. The molecular weight excluding hydrogens is 311 g/mol. The lowest BCUT2D eigenvalue weighted by Gasteiger charge is -2.21. The van der Waals surface area contributed by atoms with Gasteiger partial charge in [0.2, 0.25) is 10.0 Å². The van der Waals surface area contributed by atoms with Crippen molar-refractivity contribution in [3.05, 3.63) is 29.6 Å². The number of sulfonamides is 1. The molecule has 0 aromatic heterocycles. The van der Waals surface area contributed by atoms with Crippen LogP contribution in [0.1, 0.15) is 26.3 Å². The molecule has 0 aliphatic rings. The van der Waals surface area contributed by atoms with E-state index in [0.29, 0.717) is 17.9 Å². The average molecular weight is 334 g/mol. The van der Waals surface area contributed by atoms with Crippen LogP contribution in [-0.4, -0.2) is 32.5 Å². The third kappa shape index (κ3) is 6.34. The van der Waals surface area contributed by atoms with Gasteiger partial charge in [-0.05, 0) is 45.2 Å². The lowest BCUT2D eigenvalue weighted by atomic mass is 10.1. The molecule has 0 aliphatic heterocycles. The third-order valence-corrected chi connectivity index (χ3v) is 4.81. The SMILES string of the molecule is CSCCNS(=O)(=O)c1ccc(F)c(CNC(C)(C)C)c1. The second-order valence-corrected chi connectivity index (χ2v) is 8.50. The van der Waals surface area contributed by atoms with E-state index < -0.39 is 15.8 Å². The molecule has 0 fully saturated rings. The second-order valence-electron chi connectivity index (χ2n) is 5.75. The van der Waals surface area contributed by atoms with Gasteiger partial charge in [0.25, 0.3) is 0 Å². The predicted molar refractivity (Wildman–Crippen MR) is 86.6 cm³/mol. The topological polar surface area (TPSA) is 58.2 Å². The van der Waals surface area contributed by atoms with Crippen LogP contribution in [-0.2, 0) is 16.6 Å². The standard InChI is InChI=1S/C14H23FN2O2S2/c1-14(2,3)16-10-11-9-12(5-6-13(11)15)21(18,19)17-7-8-20-4/h5-6,9,16-17H,7-8,10H2,1-4H3. The Morgan fingerprint density at radius 2 is 1.95 bits per heavy atom. The molecule has 7 heteroatoms. The van der Waals surface area contributed by atoms with E-state index in [1.165, 1.54) is 18.2 Å². The van der Waals surface area contributed by atoms with Gasteiger partial charge in [0, 0.05) is 29.9 Å². The minimum Gasteiger partial charge on any atom is -0.308 e. The molecule has 120 valence electrons. The predicted octanol–water partition coefficient (Wildman–Crippen LogP) is 2.36. The minimum absolute atomic E-state index is 0.0933. The molecule has 0 saturated heterocycles. The van der Waals surface area contributed by atoms with Crippen molar-refractivity contribution in [2.24, 2.45) is 0 Å². The summed E-state index contributed by atoms with van der Waals surface area (Å²) in [4.78, 5) is 0.0933. The monoisotopic (exact) mass is 334 g/mol. The lowest BCUT2D eigenvalue weighted by molar-refractivity contribution is 0.418. The number of benzene rings is 1. The van der Waals surface area contributed by atoms with Crippen LogP contribution >= 0.6 is 11.8 Å². The third-order valence-electron chi connectivity index (χ3n) is 2.73. The van der Waals surface area contributed by atoms with Gasteiger partial charge >= 0.3 is 0 Å². The van der Waals surface area contributed by atoms with Crippen molar-refractivity contribution < 1.29 is 12.8 Å². The number of thioether (sulfide) groups is 1. The smallest absolute Gasteiger partial charge is 0.240 e. The molecule has 0 aliphatic carbocycles. The van der Waals surface area contributed by atoms with E-state index in [2.05, 4.69) is 10.0 Å². The van der Waals surface area contributed by atoms with E-state index >= 15 is 0 Å². The van der Waals surface area contributed by atoms with Crippen LogP contribution in [0.15, 0.2) is 23.1 Å². The zero-order valence-corrected chi connectivity index (χ0v) is 14.5. The highest BCUT2D eigenvalue weighted by Crippen LogP contribution is 2.16. The molecule has 1 rings (SSSR count). The van der Waals surface area contributed by atoms with Gasteiger partial charge < -0.3 is 5.32 Å². The van der Waals surface area contributed by atoms with Gasteiger partial charge in [-0.3, -0.25) is 0 Å². The molecule has 2 N–H and O–H groups in total. The Bertz CT molecular complexity index is 569. The van der Waals surface area contributed by atoms with E-state index in [9.17, 15) is 12.8 Å². The quantitative estimate of drug-likeness (QED) is 0.752. The normalized spacial score (nSPS) is 12.6. The highest BCUT2D eigenvalue weighted by atomic mass is 32.2. The molecule has 0 atom stereocenters. The summed E-state index contributed by atoms with van der Waals surface area (Å²) in [7, 11) is -3.58. The van der Waals surface area contributed by atoms with Gasteiger partial charge in [-0.1, -0.05) is 0 Å². The molecule has 0 heterocycles. The van der Waals surface area contributed by atoms with E-state index in [-0.39, 0.29) is 17.0 Å². The number of nitrogens with one attached hydrogen (secondary N) is 2. The maximum Gasteiger partial charge on any atom is 0.240 e. The zero-order chi connectivity index (χ0) is 16.1. The van der Waals surface area contributed by atoms with Gasteiger partial charge in [-0.2, -0.15) is 11.8 Å². The summed E-state index contributed by atoms with van der Waals surface area (Å²) in [6.07, 6.45) is 1.91. The Morgan fingerprint density at radius 3 is 2.52 bits per heavy atom. The lowest BCUT2D eigenvalue weighted by Crippen LogP contribution is -2.35. The molecule has 4 nitrogen and oxygen atoms in total. The molecule has 0 bridgehead atoms. The highest BCUT2D eigenvalue weighted by Gasteiger charge is 2.17. The summed E-state index contributed by atoms with van der Waals surface area (Å²) < 4.78 is 40.5. The molecule has 0 unspecified atom stereocenters. The minimum atomic E-state index is -3.58. The molecule has 0 saturated carbocycles. The largest absolute Gasteiger partial charge is 0.308 e. The van der Waals surface area contributed by atoms with Crippen LogP contribution in [0.25, 0.3) is 0 Å². The van der Waals surface area contributed by atoms with Gasteiger partial charge in [0.15, 0.2) is 0 Å². The van der Waals surface area contributed by atoms with Gasteiger partial charge in [-0.25, -0.2) is 17.5 Å². The fourth-order valence-corrected chi connectivity index (χ4v) is 3.09. The summed E-state index contributed by atoms with van der Waals surface area (Å²) in [5, 5.41) is 3.15. The number of hydrogen-bond donors (Lipinski definition) is 2. The van der Waals surface area contributed by atoms with E-state index in [1.807, 2.05) is 27.0 Å². The summed E-state index contributed by atoms with van der Waals surface area (Å²) in [5.74, 6) is 0.286. The van der Waals surface area contributed by atoms with Crippen molar-refractivity contribution >= 4 is 21.8 Å². The van der Waals surface area contributed by atoms with Crippen LogP contribution in [0.2, 0.25) is 0 Å². The van der Waals surface area contributed by atoms with Crippen LogP contribution in [0.3, 0.4) is 0 Å². The molecule has 0 radical (unpaired) electrons. The second kappa shape index (κ2) is 7.58. The van der Waals surface area contributed by atoms with E-state index in [1.54, 1.807) is 11.8 Å². The van der Waals surface area contributed by atoms with Crippen LogP contribution in [0.5, 0.6) is 0 Å². The van der Waals surface area contributed by atoms with Crippen LogP contribution in [0.4, 0.5) is 4.39 Å². The first-order valence-corrected chi connectivity index (χ1v) is 9.55. The molecule has 0 spiro atoms. The van der Waals surface area contributed by atoms with Gasteiger partial charge in [0.05, 0.1) is 4.90 Å². The zero-order valence-electron chi connectivity index (χ0n) is 12.9. The first-order chi connectivity index (χ1) is 9.65. The van der Waals surface area contributed by atoms with Crippen molar-refractivity contribution in [2.75, 3.05) is 18.6 Å². The first-order valence-electron chi connectivity index (χ1n) is 6.68. The Hall–Kier alpha value is -0.630. The maximum absolute atomic E-state index is 13.8. The summed E-state index contributed by atoms with van der Waals surface area (Å²) in [6.45, 7) is 6.54. The molecule has 1 aromatic carbocycles. The summed E-state index contributed by atoms with van der Waals surface area (Å²) >= 11 is 1.56. The van der Waals surface area contributed by atoms with Crippen molar-refractivity contribution in [3.8, 4) is 0 Å². The van der Waals surface area contributed by atoms with E-state index in [4.69, 9.17) is 0 Å². The Labute approximate surface area is 131 Å². The molecule has 1 aromatic rings. The average Bonchev–Trinajstić information content (AvgIpc) is 2.36. The summed E-state index contributed by atoms with van der Waals surface area (Å²) in [6, 6.07) is 3.87. The fraction of sp³-hybridized carbons (Fsp3) is 0.571. The maximum atomic E-state index is 13.8. The fourth-order valence-electron chi connectivity index (χ4n) is 1.58. The number of hydrogen-bond acceptors (Lipinski definition) is 4. The van der Waals surface area contributed by atoms with Crippen molar-refractivity contribution in [2.45, 2.75) is 37.8 Å². The van der Waals surface area contributed by atoms with Crippen molar-refractivity contribution in [1.82, 2.24) is 10.0 Å². The molecule has 0 amide bonds.